The van der Waals surface area contributed by atoms with Crippen molar-refractivity contribution in [2.24, 2.45) is 5.92 Å². The monoisotopic (exact) mass is 262 g/mol. The maximum atomic E-state index is 9.61. The van der Waals surface area contributed by atoms with Gasteiger partial charge < -0.3 is 15.3 Å². The largest absolute Gasteiger partial charge is 0.391 e. The molecule has 19 heavy (non-hydrogen) atoms. The molecule has 2 fully saturated rings. The minimum atomic E-state index is -0.221. The van der Waals surface area contributed by atoms with E-state index in [9.17, 15) is 5.11 Å². The summed E-state index contributed by atoms with van der Waals surface area (Å²) in [5.41, 5.74) is 0. The Kier molecular flexibility index (Phi) is 3.55. The van der Waals surface area contributed by atoms with Gasteiger partial charge in [-0.3, -0.25) is 0 Å². The SMILES string of the molecule is Cc1nc(NCC2CCC2)cc(N2CCC(O)C2)n1. The molecule has 2 heterocycles. The summed E-state index contributed by atoms with van der Waals surface area (Å²) in [5, 5.41) is 13.0. The first-order valence-corrected chi connectivity index (χ1v) is 7.23. The second-order valence-corrected chi connectivity index (χ2v) is 5.72. The predicted octanol–water partition coefficient (Wildman–Crippen LogP) is 1.57. The standard InChI is InChI=1S/C14H22N4O/c1-10-16-13(15-8-11-3-2-4-11)7-14(17-10)18-6-5-12(19)9-18/h7,11-12,19H,2-6,8-9H2,1H3,(H,15,16,17). The summed E-state index contributed by atoms with van der Waals surface area (Å²) in [5.74, 6) is 3.44. The van der Waals surface area contributed by atoms with Crippen LogP contribution < -0.4 is 10.2 Å². The Hall–Kier alpha value is -1.36. The first kappa shape index (κ1) is 12.7. The summed E-state index contributed by atoms with van der Waals surface area (Å²) in [6.45, 7) is 4.49. The third kappa shape index (κ3) is 2.97. The lowest BCUT2D eigenvalue weighted by Crippen LogP contribution is -2.24. The minimum absolute atomic E-state index is 0.221. The molecule has 1 aliphatic heterocycles. The number of hydrogen-bond acceptors (Lipinski definition) is 5. The van der Waals surface area contributed by atoms with E-state index in [1.54, 1.807) is 0 Å². The summed E-state index contributed by atoms with van der Waals surface area (Å²) in [7, 11) is 0. The smallest absolute Gasteiger partial charge is 0.134 e. The van der Waals surface area contributed by atoms with Gasteiger partial charge in [0, 0.05) is 25.7 Å². The summed E-state index contributed by atoms with van der Waals surface area (Å²) in [6.07, 6.45) is 4.64. The Morgan fingerprint density at radius 1 is 1.37 bits per heavy atom. The average Bonchev–Trinajstić information content (AvgIpc) is 2.73. The molecule has 1 unspecified atom stereocenters. The van der Waals surface area contributed by atoms with Crippen LogP contribution in [0.3, 0.4) is 0 Å². The van der Waals surface area contributed by atoms with Crippen molar-refractivity contribution in [3.8, 4) is 0 Å². The Labute approximate surface area is 114 Å². The van der Waals surface area contributed by atoms with E-state index in [2.05, 4.69) is 20.2 Å². The molecular weight excluding hydrogens is 240 g/mol. The molecular formula is C14H22N4O. The predicted molar refractivity (Wildman–Crippen MR) is 75.4 cm³/mol. The van der Waals surface area contributed by atoms with E-state index in [0.29, 0.717) is 6.54 Å². The fourth-order valence-corrected chi connectivity index (χ4v) is 2.70. The number of hydrogen-bond donors (Lipinski definition) is 2. The maximum Gasteiger partial charge on any atom is 0.134 e. The molecule has 1 atom stereocenters. The van der Waals surface area contributed by atoms with Crippen LogP contribution >= 0.6 is 0 Å². The Morgan fingerprint density at radius 2 is 2.21 bits per heavy atom. The zero-order valence-electron chi connectivity index (χ0n) is 11.5. The van der Waals surface area contributed by atoms with E-state index in [0.717, 1.165) is 42.9 Å². The normalized spacial score (nSPS) is 23.5. The molecule has 1 aromatic rings. The van der Waals surface area contributed by atoms with Crippen LogP contribution in [-0.4, -0.2) is 40.8 Å². The molecule has 2 N–H and O–H groups in total. The van der Waals surface area contributed by atoms with Crippen molar-refractivity contribution in [3.63, 3.8) is 0 Å². The fraction of sp³-hybridized carbons (Fsp3) is 0.714. The molecule has 2 aliphatic rings. The summed E-state index contributed by atoms with van der Waals surface area (Å²) in [4.78, 5) is 11.1. The van der Waals surface area contributed by atoms with Crippen LogP contribution in [0.25, 0.3) is 0 Å². The molecule has 0 amide bonds. The van der Waals surface area contributed by atoms with Gasteiger partial charge >= 0.3 is 0 Å². The van der Waals surface area contributed by atoms with Crippen LogP contribution in [0.15, 0.2) is 6.07 Å². The molecule has 1 saturated carbocycles. The molecule has 0 aromatic carbocycles. The van der Waals surface area contributed by atoms with E-state index in [1.165, 1.54) is 19.3 Å². The molecule has 104 valence electrons. The highest BCUT2D eigenvalue weighted by atomic mass is 16.3. The number of nitrogens with zero attached hydrogens (tertiary/aromatic N) is 3. The van der Waals surface area contributed by atoms with E-state index in [1.807, 2.05) is 13.0 Å². The van der Waals surface area contributed by atoms with E-state index in [-0.39, 0.29) is 6.10 Å². The van der Waals surface area contributed by atoms with E-state index < -0.39 is 0 Å². The Balaban J connectivity index is 1.68. The van der Waals surface area contributed by atoms with Gasteiger partial charge in [0.2, 0.25) is 0 Å². The number of aromatic nitrogens is 2. The quantitative estimate of drug-likeness (QED) is 0.862. The van der Waals surface area contributed by atoms with Gasteiger partial charge in [0.15, 0.2) is 0 Å². The molecule has 0 bridgehead atoms. The van der Waals surface area contributed by atoms with Gasteiger partial charge in [-0.25, -0.2) is 9.97 Å². The third-order valence-corrected chi connectivity index (χ3v) is 4.11. The maximum absolute atomic E-state index is 9.61. The van der Waals surface area contributed by atoms with E-state index in [4.69, 9.17) is 0 Å². The number of aliphatic hydroxyl groups is 1. The minimum Gasteiger partial charge on any atom is -0.391 e. The van der Waals surface area contributed by atoms with Gasteiger partial charge in [0.25, 0.3) is 0 Å². The number of anilines is 2. The zero-order valence-corrected chi connectivity index (χ0v) is 11.5. The molecule has 3 rings (SSSR count). The number of nitrogens with one attached hydrogen (secondary N) is 1. The summed E-state index contributed by atoms with van der Waals surface area (Å²) >= 11 is 0. The van der Waals surface area contributed by atoms with Crippen LogP contribution in [0.2, 0.25) is 0 Å². The zero-order chi connectivity index (χ0) is 13.2. The number of aryl methyl sites for hydroxylation is 1. The second-order valence-electron chi connectivity index (χ2n) is 5.72. The molecule has 0 spiro atoms. The summed E-state index contributed by atoms with van der Waals surface area (Å²) < 4.78 is 0. The topological polar surface area (TPSA) is 61.3 Å². The summed E-state index contributed by atoms with van der Waals surface area (Å²) in [6, 6.07) is 2.00. The average molecular weight is 262 g/mol. The number of β-amino-alcohol motifs (C(OH)–C–C–N with tert-alkyl or cyclic N) is 1. The van der Waals surface area contributed by atoms with Gasteiger partial charge in [-0.05, 0) is 32.1 Å². The molecule has 5 heteroatoms. The van der Waals surface area contributed by atoms with Crippen LogP contribution in [0, 0.1) is 12.8 Å². The van der Waals surface area contributed by atoms with Crippen molar-refractivity contribution in [2.45, 2.75) is 38.7 Å². The molecule has 0 radical (unpaired) electrons. The first-order chi connectivity index (χ1) is 9.20. The lowest BCUT2D eigenvalue weighted by atomic mass is 9.85. The van der Waals surface area contributed by atoms with Crippen molar-refractivity contribution in [2.75, 3.05) is 29.9 Å². The van der Waals surface area contributed by atoms with Crippen molar-refractivity contribution in [1.29, 1.82) is 0 Å². The van der Waals surface area contributed by atoms with Gasteiger partial charge in [-0.1, -0.05) is 6.42 Å². The highest BCUT2D eigenvalue weighted by Crippen LogP contribution is 2.27. The lowest BCUT2D eigenvalue weighted by molar-refractivity contribution is 0.198. The highest BCUT2D eigenvalue weighted by Gasteiger charge is 2.22. The molecule has 5 nitrogen and oxygen atoms in total. The number of aliphatic hydroxyl groups excluding tert-OH is 1. The van der Waals surface area contributed by atoms with Gasteiger partial charge in [0.1, 0.15) is 17.5 Å². The van der Waals surface area contributed by atoms with E-state index >= 15 is 0 Å². The van der Waals surface area contributed by atoms with Gasteiger partial charge in [-0.2, -0.15) is 0 Å². The molecule has 1 aliphatic carbocycles. The van der Waals surface area contributed by atoms with Crippen molar-refractivity contribution < 1.29 is 5.11 Å². The number of rotatable bonds is 4. The highest BCUT2D eigenvalue weighted by molar-refractivity contribution is 5.50. The van der Waals surface area contributed by atoms with Crippen LogP contribution in [0.1, 0.15) is 31.5 Å². The molecule has 1 aromatic heterocycles. The fourth-order valence-electron chi connectivity index (χ4n) is 2.70. The van der Waals surface area contributed by atoms with Crippen LogP contribution in [0.5, 0.6) is 0 Å². The lowest BCUT2D eigenvalue weighted by Gasteiger charge is -2.26. The van der Waals surface area contributed by atoms with Crippen molar-refractivity contribution in [3.05, 3.63) is 11.9 Å². The second kappa shape index (κ2) is 5.33. The van der Waals surface area contributed by atoms with Crippen molar-refractivity contribution >= 4 is 11.6 Å². The van der Waals surface area contributed by atoms with Crippen LogP contribution in [-0.2, 0) is 0 Å². The third-order valence-electron chi connectivity index (χ3n) is 4.11. The Morgan fingerprint density at radius 3 is 2.84 bits per heavy atom. The molecule has 1 saturated heterocycles. The Bertz CT molecular complexity index is 447. The van der Waals surface area contributed by atoms with Gasteiger partial charge in [-0.15, -0.1) is 0 Å². The first-order valence-electron chi connectivity index (χ1n) is 7.23. The van der Waals surface area contributed by atoms with Crippen LogP contribution in [0.4, 0.5) is 11.6 Å². The van der Waals surface area contributed by atoms with Crippen molar-refractivity contribution in [1.82, 2.24) is 9.97 Å². The van der Waals surface area contributed by atoms with Gasteiger partial charge in [0.05, 0.1) is 6.10 Å².